The third kappa shape index (κ3) is 6.15. The summed E-state index contributed by atoms with van der Waals surface area (Å²) in [7, 11) is 0. The second kappa shape index (κ2) is 9.48. The fourth-order valence-corrected chi connectivity index (χ4v) is 1.72. The first kappa shape index (κ1) is 16.6. The van der Waals surface area contributed by atoms with Crippen molar-refractivity contribution in [2.24, 2.45) is 4.99 Å². The molecule has 1 aromatic rings. The fraction of sp³-hybridized carbons (Fsp3) is 0.533. The average Bonchev–Trinajstić information content (AvgIpc) is 2.45. The van der Waals surface area contributed by atoms with Gasteiger partial charge in [-0.2, -0.15) is 0 Å². The second-order valence-electron chi connectivity index (χ2n) is 4.49. The van der Waals surface area contributed by atoms with Gasteiger partial charge in [0.2, 0.25) is 0 Å². The molecule has 0 amide bonds. The molecular formula is C15H24ClN3O. The number of halogens is 1. The monoisotopic (exact) mass is 297 g/mol. The first-order chi connectivity index (χ1) is 9.67. The number of guanidine groups is 1. The molecule has 0 saturated carbocycles. The van der Waals surface area contributed by atoms with E-state index >= 15 is 0 Å². The maximum absolute atomic E-state index is 6.02. The minimum atomic E-state index is 0.400. The van der Waals surface area contributed by atoms with Crippen LogP contribution in [-0.4, -0.2) is 31.7 Å². The number of nitrogens with zero attached hydrogens (tertiary/aromatic N) is 1. The molecule has 112 valence electrons. The summed E-state index contributed by atoms with van der Waals surface area (Å²) in [5, 5.41) is 7.18. The van der Waals surface area contributed by atoms with Gasteiger partial charge in [0.05, 0.1) is 11.6 Å². The van der Waals surface area contributed by atoms with Crippen LogP contribution in [-0.2, 0) is 0 Å². The van der Waals surface area contributed by atoms with Crippen LogP contribution < -0.4 is 15.4 Å². The van der Waals surface area contributed by atoms with E-state index in [-0.39, 0.29) is 0 Å². The molecule has 0 fully saturated rings. The summed E-state index contributed by atoms with van der Waals surface area (Å²) in [5.74, 6) is 1.52. The Morgan fingerprint density at radius 1 is 1.35 bits per heavy atom. The van der Waals surface area contributed by atoms with E-state index in [2.05, 4.69) is 29.5 Å². The van der Waals surface area contributed by atoms with E-state index in [9.17, 15) is 0 Å². The van der Waals surface area contributed by atoms with Gasteiger partial charge < -0.3 is 15.4 Å². The van der Waals surface area contributed by atoms with Gasteiger partial charge in [-0.25, -0.2) is 4.99 Å². The van der Waals surface area contributed by atoms with E-state index in [0.717, 1.165) is 18.9 Å². The molecule has 2 N–H and O–H groups in total. The molecule has 1 rings (SSSR count). The Hall–Kier alpha value is -1.42. The standard InChI is InChI=1S/C15H24ClN3O/c1-4-12(3)19-15(17-5-2)18-10-11-20-14-9-7-6-8-13(14)16/h6-9,12H,4-5,10-11H2,1-3H3,(H2,17,18,19). The van der Waals surface area contributed by atoms with E-state index in [1.165, 1.54) is 0 Å². The van der Waals surface area contributed by atoms with E-state index in [1.54, 1.807) is 0 Å². The zero-order chi connectivity index (χ0) is 14.8. The first-order valence-electron chi connectivity index (χ1n) is 7.09. The van der Waals surface area contributed by atoms with Gasteiger partial charge in [0.25, 0.3) is 0 Å². The van der Waals surface area contributed by atoms with Crippen molar-refractivity contribution in [2.45, 2.75) is 33.2 Å². The summed E-state index contributed by atoms with van der Waals surface area (Å²) < 4.78 is 5.60. The van der Waals surface area contributed by atoms with Gasteiger partial charge in [-0.3, -0.25) is 0 Å². The van der Waals surface area contributed by atoms with Crippen LogP contribution >= 0.6 is 11.6 Å². The van der Waals surface area contributed by atoms with E-state index in [0.29, 0.717) is 30.0 Å². The normalized spacial score (nSPS) is 12.9. The van der Waals surface area contributed by atoms with Crippen LogP contribution in [0.3, 0.4) is 0 Å². The Balaban J connectivity index is 2.42. The summed E-state index contributed by atoms with van der Waals surface area (Å²) in [4.78, 5) is 4.47. The van der Waals surface area contributed by atoms with E-state index < -0.39 is 0 Å². The van der Waals surface area contributed by atoms with Crippen molar-refractivity contribution in [3.63, 3.8) is 0 Å². The third-order valence-electron chi connectivity index (χ3n) is 2.80. The molecule has 0 aliphatic heterocycles. The van der Waals surface area contributed by atoms with Crippen LogP contribution in [0.4, 0.5) is 0 Å². The highest BCUT2D eigenvalue weighted by Gasteiger charge is 2.02. The van der Waals surface area contributed by atoms with Crippen LogP contribution in [0.1, 0.15) is 27.2 Å². The zero-order valence-electron chi connectivity index (χ0n) is 12.4. The van der Waals surface area contributed by atoms with Gasteiger partial charge in [-0.05, 0) is 32.4 Å². The summed E-state index contributed by atoms with van der Waals surface area (Å²) in [5.41, 5.74) is 0. The van der Waals surface area contributed by atoms with Crippen LogP contribution in [0, 0.1) is 0 Å². The second-order valence-corrected chi connectivity index (χ2v) is 4.90. The molecule has 0 aromatic heterocycles. The molecule has 0 spiro atoms. The van der Waals surface area contributed by atoms with E-state index in [1.807, 2.05) is 31.2 Å². The lowest BCUT2D eigenvalue weighted by atomic mass is 10.3. The molecule has 0 bridgehead atoms. The van der Waals surface area contributed by atoms with Crippen molar-refractivity contribution >= 4 is 17.6 Å². The molecule has 5 heteroatoms. The third-order valence-corrected chi connectivity index (χ3v) is 3.11. The lowest BCUT2D eigenvalue weighted by Crippen LogP contribution is -2.42. The molecule has 1 atom stereocenters. The predicted octanol–water partition coefficient (Wildman–Crippen LogP) is 3.07. The number of benzene rings is 1. The largest absolute Gasteiger partial charge is 0.490 e. The predicted molar refractivity (Wildman–Crippen MR) is 85.8 cm³/mol. The molecule has 4 nitrogen and oxygen atoms in total. The number of ether oxygens (including phenoxy) is 1. The summed E-state index contributed by atoms with van der Waals surface area (Å²) in [6, 6.07) is 7.85. The number of hydrogen-bond acceptors (Lipinski definition) is 2. The number of rotatable bonds is 7. The zero-order valence-corrected chi connectivity index (χ0v) is 13.2. The summed E-state index contributed by atoms with van der Waals surface area (Å²) >= 11 is 6.02. The van der Waals surface area contributed by atoms with Gasteiger partial charge in [0.1, 0.15) is 12.4 Å². The maximum atomic E-state index is 6.02. The van der Waals surface area contributed by atoms with Crippen LogP contribution in [0.25, 0.3) is 0 Å². The maximum Gasteiger partial charge on any atom is 0.191 e. The Bertz CT molecular complexity index is 423. The van der Waals surface area contributed by atoms with Gasteiger partial charge >= 0.3 is 0 Å². The van der Waals surface area contributed by atoms with Crippen LogP contribution in [0.15, 0.2) is 29.3 Å². The highest BCUT2D eigenvalue weighted by Crippen LogP contribution is 2.22. The smallest absolute Gasteiger partial charge is 0.191 e. The van der Waals surface area contributed by atoms with Gasteiger partial charge in [0.15, 0.2) is 5.96 Å². The Labute approximate surface area is 126 Å². The molecule has 1 unspecified atom stereocenters. The average molecular weight is 298 g/mol. The van der Waals surface area contributed by atoms with Crippen LogP contribution in [0.5, 0.6) is 5.75 Å². The van der Waals surface area contributed by atoms with Crippen molar-refractivity contribution in [3.05, 3.63) is 29.3 Å². The van der Waals surface area contributed by atoms with Crippen molar-refractivity contribution in [1.82, 2.24) is 10.6 Å². The molecular weight excluding hydrogens is 274 g/mol. The molecule has 0 aliphatic carbocycles. The fourth-order valence-electron chi connectivity index (χ4n) is 1.53. The SMILES string of the molecule is CCNC(=NCCOc1ccccc1Cl)NC(C)CC. The molecule has 0 radical (unpaired) electrons. The van der Waals surface area contributed by atoms with Gasteiger partial charge in [-0.1, -0.05) is 30.7 Å². The molecule has 20 heavy (non-hydrogen) atoms. The molecule has 0 saturated heterocycles. The topological polar surface area (TPSA) is 45.7 Å². The number of hydrogen-bond donors (Lipinski definition) is 2. The quantitative estimate of drug-likeness (QED) is 0.462. The van der Waals surface area contributed by atoms with Gasteiger partial charge in [0, 0.05) is 12.6 Å². The molecule has 1 aromatic carbocycles. The highest BCUT2D eigenvalue weighted by atomic mass is 35.5. The van der Waals surface area contributed by atoms with Crippen molar-refractivity contribution in [2.75, 3.05) is 19.7 Å². The van der Waals surface area contributed by atoms with E-state index in [4.69, 9.17) is 16.3 Å². The lowest BCUT2D eigenvalue weighted by Gasteiger charge is -2.16. The highest BCUT2D eigenvalue weighted by molar-refractivity contribution is 6.32. The first-order valence-corrected chi connectivity index (χ1v) is 7.47. The number of aliphatic imine (C=N–C) groups is 1. The Kier molecular flexibility index (Phi) is 7.88. The van der Waals surface area contributed by atoms with Crippen molar-refractivity contribution in [1.29, 1.82) is 0 Å². The summed E-state index contributed by atoms with van der Waals surface area (Å²) in [6.45, 7) is 8.24. The van der Waals surface area contributed by atoms with Gasteiger partial charge in [-0.15, -0.1) is 0 Å². The minimum Gasteiger partial charge on any atom is -0.490 e. The number of nitrogens with one attached hydrogen (secondary N) is 2. The van der Waals surface area contributed by atoms with Crippen molar-refractivity contribution < 1.29 is 4.74 Å². The number of para-hydroxylation sites is 1. The minimum absolute atomic E-state index is 0.400. The molecule has 0 aliphatic rings. The Morgan fingerprint density at radius 2 is 2.10 bits per heavy atom. The van der Waals surface area contributed by atoms with Crippen molar-refractivity contribution in [3.8, 4) is 5.75 Å². The Morgan fingerprint density at radius 3 is 2.75 bits per heavy atom. The molecule has 0 heterocycles. The summed E-state index contributed by atoms with van der Waals surface area (Å²) in [6.07, 6.45) is 1.06. The lowest BCUT2D eigenvalue weighted by molar-refractivity contribution is 0.328. The van der Waals surface area contributed by atoms with Crippen LogP contribution in [0.2, 0.25) is 5.02 Å².